The quantitative estimate of drug-likeness (QED) is 0.728. The van der Waals surface area contributed by atoms with E-state index in [1.54, 1.807) is 23.1 Å². The smallest absolute Gasteiger partial charge is 0.226 e. The molecule has 21 heavy (non-hydrogen) atoms. The fourth-order valence-electron chi connectivity index (χ4n) is 1.96. The van der Waals surface area contributed by atoms with Gasteiger partial charge in [0.25, 0.3) is 0 Å². The lowest BCUT2D eigenvalue weighted by molar-refractivity contribution is 0.674. The van der Waals surface area contributed by atoms with Crippen LogP contribution in [0.5, 0.6) is 0 Å². The van der Waals surface area contributed by atoms with Gasteiger partial charge in [-0.25, -0.2) is 9.97 Å². The maximum Gasteiger partial charge on any atom is 0.226 e. The molecule has 3 rings (SSSR count). The fourth-order valence-corrected chi connectivity index (χ4v) is 2.54. The Morgan fingerprint density at radius 3 is 2.76 bits per heavy atom. The Bertz CT molecular complexity index is 772. The molecule has 7 heteroatoms. The zero-order chi connectivity index (χ0) is 14.7. The molecule has 0 radical (unpaired) electrons. The molecule has 1 aromatic carbocycles. The van der Waals surface area contributed by atoms with Crippen LogP contribution in [0.25, 0.3) is 5.82 Å². The summed E-state index contributed by atoms with van der Waals surface area (Å²) in [6, 6.07) is 11.7. The summed E-state index contributed by atoms with van der Waals surface area (Å²) < 4.78 is 13.2. The van der Waals surface area contributed by atoms with Crippen molar-refractivity contribution in [3.8, 4) is 5.82 Å². The molecule has 0 N–H and O–H groups in total. The molecule has 2 aromatic heterocycles. The number of aromatic nitrogens is 5. The molecule has 0 aliphatic heterocycles. The number of nitrogens with zero attached hydrogens (tertiary/aromatic N) is 5. The molecule has 1 atom stereocenters. The molecule has 0 bridgehead atoms. The van der Waals surface area contributed by atoms with E-state index in [0.717, 1.165) is 5.56 Å². The summed E-state index contributed by atoms with van der Waals surface area (Å²) in [5.74, 6) is 1.31. The molecule has 0 fully saturated rings. The third-order valence-electron chi connectivity index (χ3n) is 2.92. The lowest BCUT2D eigenvalue weighted by Gasteiger charge is -2.06. The molecule has 0 aliphatic carbocycles. The van der Waals surface area contributed by atoms with Gasteiger partial charge in [0, 0.05) is 18.9 Å². The second-order valence-corrected chi connectivity index (χ2v) is 5.70. The first-order valence-corrected chi connectivity index (χ1v) is 7.89. The SMILES string of the molecule is CS(=O)c1nncn1-c1ccnc(Cc2ccccc2)n1. The molecule has 3 aromatic rings. The van der Waals surface area contributed by atoms with Gasteiger partial charge >= 0.3 is 0 Å². The summed E-state index contributed by atoms with van der Waals surface area (Å²) >= 11 is 0. The molecule has 0 saturated heterocycles. The van der Waals surface area contributed by atoms with Gasteiger partial charge in [0.05, 0.1) is 10.8 Å². The van der Waals surface area contributed by atoms with Crippen LogP contribution in [0.1, 0.15) is 11.4 Å². The van der Waals surface area contributed by atoms with Gasteiger partial charge in [-0.1, -0.05) is 30.3 Å². The maximum atomic E-state index is 11.6. The third kappa shape index (κ3) is 3.03. The minimum atomic E-state index is -1.23. The lowest BCUT2D eigenvalue weighted by atomic mass is 10.1. The Labute approximate surface area is 124 Å². The first-order valence-electron chi connectivity index (χ1n) is 6.34. The average Bonchev–Trinajstić information content (AvgIpc) is 2.98. The Balaban J connectivity index is 1.93. The van der Waals surface area contributed by atoms with Crippen molar-refractivity contribution in [2.24, 2.45) is 0 Å². The normalized spacial score (nSPS) is 12.2. The monoisotopic (exact) mass is 299 g/mol. The van der Waals surface area contributed by atoms with E-state index in [1.807, 2.05) is 30.3 Å². The van der Waals surface area contributed by atoms with Crippen LogP contribution in [0, 0.1) is 0 Å². The molecule has 2 heterocycles. The van der Waals surface area contributed by atoms with E-state index in [2.05, 4.69) is 20.2 Å². The topological polar surface area (TPSA) is 73.6 Å². The molecular weight excluding hydrogens is 286 g/mol. The maximum absolute atomic E-state index is 11.6. The fraction of sp³-hybridized carbons (Fsp3) is 0.143. The molecule has 0 spiro atoms. The van der Waals surface area contributed by atoms with Crippen molar-refractivity contribution >= 4 is 10.8 Å². The van der Waals surface area contributed by atoms with Gasteiger partial charge in [0.2, 0.25) is 5.16 Å². The Morgan fingerprint density at radius 2 is 2.00 bits per heavy atom. The van der Waals surface area contributed by atoms with E-state index in [9.17, 15) is 4.21 Å². The van der Waals surface area contributed by atoms with Crippen LogP contribution in [0.4, 0.5) is 0 Å². The standard InChI is InChI=1S/C14H13N5OS/c1-21(20)14-18-16-10-19(14)13-7-8-15-12(17-13)9-11-5-3-2-4-6-11/h2-8,10H,9H2,1H3. The highest BCUT2D eigenvalue weighted by Crippen LogP contribution is 2.11. The Morgan fingerprint density at radius 1 is 1.19 bits per heavy atom. The third-order valence-corrected chi connectivity index (χ3v) is 3.71. The van der Waals surface area contributed by atoms with E-state index in [0.29, 0.717) is 23.2 Å². The van der Waals surface area contributed by atoms with Gasteiger partial charge in [-0.3, -0.25) is 8.78 Å². The van der Waals surface area contributed by atoms with Gasteiger partial charge in [-0.2, -0.15) is 0 Å². The highest BCUT2D eigenvalue weighted by atomic mass is 32.2. The van der Waals surface area contributed by atoms with Crippen molar-refractivity contribution in [3.05, 3.63) is 60.3 Å². The second kappa shape index (κ2) is 5.92. The zero-order valence-electron chi connectivity index (χ0n) is 11.4. The van der Waals surface area contributed by atoms with Gasteiger partial charge in [0.15, 0.2) is 0 Å². The lowest BCUT2D eigenvalue weighted by Crippen LogP contribution is -2.06. The Hall–Kier alpha value is -2.41. The average molecular weight is 299 g/mol. The summed E-state index contributed by atoms with van der Waals surface area (Å²) in [5.41, 5.74) is 1.14. The molecule has 1 unspecified atom stereocenters. The van der Waals surface area contributed by atoms with Gasteiger partial charge in [0.1, 0.15) is 18.0 Å². The van der Waals surface area contributed by atoms with Crippen molar-refractivity contribution < 1.29 is 4.21 Å². The predicted octanol–water partition coefficient (Wildman–Crippen LogP) is 1.39. The van der Waals surface area contributed by atoms with Crippen LogP contribution < -0.4 is 0 Å². The van der Waals surface area contributed by atoms with Crippen molar-refractivity contribution in [3.63, 3.8) is 0 Å². The molecule has 106 valence electrons. The molecule has 6 nitrogen and oxygen atoms in total. The number of hydrogen-bond acceptors (Lipinski definition) is 5. The van der Waals surface area contributed by atoms with E-state index in [4.69, 9.17) is 0 Å². The van der Waals surface area contributed by atoms with Crippen molar-refractivity contribution in [2.75, 3.05) is 6.26 Å². The predicted molar refractivity (Wildman–Crippen MR) is 78.5 cm³/mol. The van der Waals surface area contributed by atoms with E-state index in [-0.39, 0.29) is 0 Å². The van der Waals surface area contributed by atoms with Gasteiger partial charge < -0.3 is 0 Å². The highest BCUT2D eigenvalue weighted by Gasteiger charge is 2.11. The van der Waals surface area contributed by atoms with Gasteiger partial charge in [-0.15, -0.1) is 10.2 Å². The van der Waals surface area contributed by atoms with Crippen LogP contribution >= 0.6 is 0 Å². The number of benzene rings is 1. The summed E-state index contributed by atoms with van der Waals surface area (Å²) in [6.07, 6.45) is 5.39. The molecule has 0 aliphatic rings. The van der Waals surface area contributed by atoms with E-state index < -0.39 is 10.8 Å². The summed E-state index contributed by atoms with van der Waals surface area (Å²) in [7, 11) is -1.23. The van der Waals surface area contributed by atoms with Crippen LogP contribution in [-0.4, -0.2) is 35.2 Å². The van der Waals surface area contributed by atoms with Crippen molar-refractivity contribution in [1.29, 1.82) is 0 Å². The first-order chi connectivity index (χ1) is 10.2. The number of hydrogen-bond donors (Lipinski definition) is 0. The van der Waals surface area contributed by atoms with Gasteiger partial charge in [-0.05, 0) is 11.6 Å². The van der Waals surface area contributed by atoms with E-state index >= 15 is 0 Å². The van der Waals surface area contributed by atoms with Crippen LogP contribution in [-0.2, 0) is 17.2 Å². The number of rotatable bonds is 4. The first kappa shape index (κ1) is 13.6. The minimum absolute atomic E-state index is 0.374. The van der Waals surface area contributed by atoms with Crippen molar-refractivity contribution in [1.82, 2.24) is 24.7 Å². The molecule has 0 saturated carbocycles. The van der Waals surface area contributed by atoms with Crippen LogP contribution in [0.15, 0.2) is 54.1 Å². The van der Waals surface area contributed by atoms with Crippen LogP contribution in [0.2, 0.25) is 0 Å². The van der Waals surface area contributed by atoms with Crippen molar-refractivity contribution in [2.45, 2.75) is 11.6 Å². The van der Waals surface area contributed by atoms with E-state index in [1.165, 1.54) is 6.33 Å². The Kier molecular flexibility index (Phi) is 3.83. The second-order valence-electron chi connectivity index (χ2n) is 4.43. The summed E-state index contributed by atoms with van der Waals surface area (Å²) in [4.78, 5) is 8.77. The summed E-state index contributed by atoms with van der Waals surface area (Å²) in [6.45, 7) is 0. The highest BCUT2D eigenvalue weighted by molar-refractivity contribution is 7.84. The summed E-state index contributed by atoms with van der Waals surface area (Å²) in [5, 5.41) is 8.03. The zero-order valence-corrected chi connectivity index (χ0v) is 12.2. The van der Waals surface area contributed by atoms with Crippen LogP contribution in [0.3, 0.4) is 0 Å². The largest absolute Gasteiger partial charge is 0.258 e. The minimum Gasteiger partial charge on any atom is -0.258 e. The molecular formula is C14H13N5OS. The molecule has 0 amide bonds.